The third kappa shape index (κ3) is 3.95. The predicted molar refractivity (Wildman–Crippen MR) is 39.2 cm³/mol. The van der Waals surface area contributed by atoms with Gasteiger partial charge in [-0.05, 0) is 18.9 Å². The molecule has 0 aliphatic carbocycles. The average Bonchev–Trinajstić information content (AvgIpc) is 1.88. The van der Waals surface area contributed by atoms with Crippen molar-refractivity contribution in [2.24, 2.45) is 0 Å². The van der Waals surface area contributed by atoms with Gasteiger partial charge in [0.05, 0.1) is 0 Å². The van der Waals surface area contributed by atoms with E-state index >= 15 is 0 Å². The SMILES string of the molecule is C/C=C\C(=C/CC)CF. The summed E-state index contributed by atoms with van der Waals surface area (Å²) >= 11 is 0. The molecule has 0 radical (unpaired) electrons. The molecule has 0 aliphatic heterocycles. The minimum Gasteiger partial charge on any atom is -0.246 e. The highest BCUT2D eigenvalue weighted by atomic mass is 19.1. The molecule has 0 aromatic rings. The molecule has 0 rings (SSSR count). The van der Waals surface area contributed by atoms with Crippen LogP contribution < -0.4 is 0 Å². The molecule has 0 amide bonds. The second-order valence-electron chi connectivity index (χ2n) is 1.82. The quantitative estimate of drug-likeness (QED) is 0.513. The van der Waals surface area contributed by atoms with Gasteiger partial charge in [-0.2, -0.15) is 0 Å². The standard InChI is InChI=1S/C8H13F/c1-3-5-8(7-9)6-4-2/h3,5-6H,4,7H2,1-2H3/b5-3-,8-6+. The highest BCUT2D eigenvalue weighted by molar-refractivity contribution is 5.17. The Hall–Kier alpha value is -0.590. The maximum atomic E-state index is 11.9. The lowest BCUT2D eigenvalue weighted by molar-refractivity contribution is 0.548. The molecule has 0 unspecified atom stereocenters. The van der Waals surface area contributed by atoms with Crippen LogP contribution in [0.15, 0.2) is 23.8 Å². The van der Waals surface area contributed by atoms with Gasteiger partial charge in [0.25, 0.3) is 0 Å². The molecule has 1 heteroatoms. The maximum Gasteiger partial charge on any atom is 0.114 e. The minimum absolute atomic E-state index is 0.349. The van der Waals surface area contributed by atoms with Crippen LogP contribution in [0.4, 0.5) is 4.39 Å². The topological polar surface area (TPSA) is 0 Å². The zero-order chi connectivity index (χ0) is 7.11. The zero-order valence-corrected chi connectivity index (χ0v) is 6.02. The van der Waals surface area contributed by atoms with Gasteiger partial charge in [-0.3, -0.25) is 0 Å². The van der Waals surface area contributed by atoms with Crippen molar-refractivity contribution in [1.29, 1.82) is 0 Å². The summed E-state index contributed by atoms with van der Waals surface area (Å²) in [5, 5.41) is 0. The van der Waals surface area contributed by atoms with E-state index < -0.39 is 0 Å². The van der Waals surface area contributed by atoms with E-state index in [4.69, 9.17) is 0 Å². The van der Waals surface area contributed by atoms with Crippen LogP contribution in [0.5, 0.6) is 0 Å². The molecule has 0 saturated heterocycles. The van der Waals surface area contributed by atoms with Crippen molar-refractivity contribution in [1.82, 2.24) is 0 Å². The maximum absolute atomic E-state index is 11.9. The summed E-state index contributed by atoms with van der Waals surface area (Å²) in [6.07, 6.45) is 6.44. The summed E-state index contributed by atoms with van der Waals surface area (Å²) in [4.78, 5) is 0. The van der Waals surface area contributed by atoms with E-state index in [2.05, 4.69) is 0 Å². The number of allylic oxidation sites excluding steroid dienone is 4. The Labute approximate surface area is 56.1 Å². The molecule has 0 nitrogen and oxygen atoms in total. The molecule has 0 aromatic heterocycles. The molecular weight excluding hydrogens is 115 g/mol. The third-order valence-electron chi connectivity index (χ3n) is 1.00. The van der Waals surface area contributed by atoms with Gasteiger partial charge in [0.1, 0.15) is 6.67 Å². The van der Waals surface area contributed by atoms with Crippen LogP contribution in [0, 0.1) is 0 Å². The number of rotatable bonds is 3. The van der Waals surface area contributed by atoms with Crippen molar-refractivity contribution >= 4 is 0 Å². The van der Waals surface area contributed by atoms with Crippen molar-refractivity contribution < 1.29 is 4.39 Å². The summed E-state index contributed by atoms with van der Waals surface area (Å²) in [5.74, 6) is 0. The molecular formula is C8H13F. The van der Waals surface area contributed by atoms with Crippen LogP contribution in [-0.4, -0.2) is 6.67 Å². The normalized spacial score (nSPS) is 13.0. The van der Waals surface area contributed by atoms with Gasteiger partial charge in [-0.1, -0.05) is 25.2 Å². The van der Waals surface area contributed by atoms with Gasteiger partial charge < -0.3 is 0 Å². The van der Waals surface area contributed by atoms with Gasteiger partial charge in [0.15, 0.2) is 0 Å². The number of hydrogen-bond donors (Lipinski definition) is 0. The molecule has 0 spiro atoms. The van der Waals surface area contributed by atoms with E-state index in [0.29, 0.717) is 0 Å². The predicted octanol–water partition coefficient (Wildman–Crippen LogP) is 2.87. The summed E-state index contributed by atoms with van der Waals surface area (Å²) in [7, 11) is 0. The fraction of sp³-hybridized carbons (Fsp3) is 0.500. The Balaban J connectivity index is 3.81. The van der Waals surface area contributed by atoms with E-state index in [1.54, 1.807) is 6.08 Å². The minimum atomic E-state index is -0.349. The average molecular weight is 128 g/mol. The number of halogens is 1. The molecule has 0 heterocycles. The van der Waals surface area contributed by atoms with Crippen LogP contribution in [0.25, 0.3) is 0 Å². The van der Waals surface area contributed by atoms with Crippen LogP contribution in [-0.2, 0) is 0 Å². The summed E-state index contributed by atoms with van der Waals surface area (Å²) < 4.78 is 11.9. The first-order valence-electron chi connectivity index (χ1n) is 3.22. The van der Waals surface area contributed by atoms with Crippen molar-refractivity contribution in [2.75, 3.05) is 6.67 Å². The smallest absolute Gasteiger partial charge is 0.114 e. The first kappa shape index (κ1) is 8.41. The molecule has 9 heavy (non-hydrogen) atoms. The Kier molecular flexibility index (Phi) is 5.18. The van der Waals surface area contributed by atoms with Gasteiger partial charge in [0.2, 0.25) is 0 Å². The molecule has 0 aliphatic rings. The summed E-state index contributed by atoms with van der Waals surface area (Å²) in [6, 6.07) is 0. The van der Waals surface area contributed by atoms with E-state index in [0.717, 1.165) is 12.0 Å². The molecule has 0 fully saturated rings. The lowest BCUT2D eigenvalue weighted by atomic mass is 10.2. The van der Waals surface area contributed by atoms with E-state index in [-0.39, 0.29) is 6.67 Å². The van der Waals surface area contributed by atoms with Crippen LogP contribution in [0.1, 0.15) is 20.3 Å². The number of hydrogen-bond acceptors (Lipinski definition) is 0. The molecule has 0 aromatic carbocycles. The molecule has 0 saturated carbocycles. The van der Waals surface area contributed by atoms with E-state index in [1.807, 2.05) is 26.0 Å². The van der Waals surface area contributed by atoms with Crippen molar-refractivity contribution in [3.05, 3.63) is 23.8 Å². The summed E-state index contributed by atoms with van der Waals surface area (Å²) in [5.41, 5.74) is 0.778. The molecule has 0 atom stereocenters. The number of alkyl halides is 1. The van der Waals surface area contributed by atoms with E-state index in [9.17, 15) is 4.39 Å². The highest BCUT2D eigenvalue weighted by Crippen LogP contribution is 1.98. The summed E-state index contributed by atoms with van der Waals surface area (Å²) in [6.45, 7) is 3.54. The van der Waals surface area contributed by atoms with Gasteiger partial charge >= 0.3 is 0 Å². The van der Waals surface area contributed by atoms with Crippen molar-refractivity contribution in [3.8, 4) is 0 Å². The largest absolute Gasteiger partial charge is 0.246 e. The Bertz CT molecular complexity index is 112. The van der Waals surface area contributed by atoms with Crippen LogP contribution in [0.2, 0.25) is 0 Å². The van der Waals surface area contributed by atoms with Crippen LogP contribution >= 0.6 is 0 Å². The van der Waals surface area contributed by atoms with Gasteiger partial charge in [-0.15, -0.1) is 0 Å². The monoisotopic (exact) mass is 128 g/mol. The first-order chi connectivity index (χ1) is 4.35. The fourth-order valence-corrected chi connectivity index (χ4v) is 0.643. The fourth-order valence-electron chi connectivity index (χ4n) is 0.643. The molecule has 0 N–H and O–H groups in total. The first-order valence-corrected chi connectivity index (χ1v) is 3.22. The second-order valence-corrected chi connectivity index (χ2v) is 1.82. The highest BCUT2D eigenvalue weighted by Gasteiger charge is 1.85. The van der Waals surface area contributed by atoms with Crippen LogP contribution in [0.3, 0.4) is 0 Å². The lowest BCUT2D eigenvalue weighted by Crippen LogP contribution is -1.78. The molecule has 0 bridgehead atoms. The Morgan fingerprint density at radius 2 is 2.22 bits per heavy atom. The Morgan fingerprint density at radius 1 is 1.56 bits per heavy atom. The third-order valence-corrected chi connectivity index (χ3v) is 1.00. The van der Waals surface area contributed by atoms with Crippen molar-refractivity contribution in [3.63, 3.8) is 0 Å². The van der Waals surface area contributed by atoms with Crippen molar-refractivity contribution in [2.45, 2.75) is 20.3 Å². The lowest BCUT2D eigenvalue weighted by Gasteiger charge is -1.90. The Morgan fingerprint density at radius 3 is 2.56 bits per heavy atom. The van der Waals surface area contributed by atoms with Gasteiger partial charge in [0, 0.05) is 0 Å². The zero-order valence-electron chi connectivity index (χ0n) is 6.02. The molecule has 52 valence electrons. The van der Waals surface area contributed by atoms with Gasteiger partial charge in [-0.25, -0.2) is 4.39 Å². The second kappa shape index (κ2) is 5.54. The van der Waals surface area contributed by atoms with E-state index in [1.165, 1.54) is 0 Å².